The highest BCUT2D eigenvalue weighted by molar-refractivity contribution is 7.89. The smallest absolute Gasteiger partial charge is 0.326 e. The van der Waals surface area contributed by atoms with Gasteiger partial charge >= 0.3 is 18.4 Å². The van der Waals surface area contributed by atoms with Crippen molar-refractivity contribution in [3.8, 4) is 0 Å². The molecule has 1 atom stereocenters. The molecule has 1 N–H and O–H groups in total. The van der Waals surface area contributed by atoms with E-state index < -0.39 is 18.4 Å². The predicted molar refractivity (Wildman–Crippen MR) is 50.7 cm³/mol. The molecule has 1 aromatic carbocycles. The maximum absolute atomic E-state index is 11.2. The summed E-state index contributed by atoms with van der Waals surface area (Å²) >= 11 is 0. The van der Waals surface area contributed by atoms with Crippen molar-refractivity contribution in [1.82, 2.24) is 0 Å². The summed E-state index contributed by atoms with van der Waals surface area (Å²) in [5, 5.41) is 0. The third-order valence-corrected chi connectivity index (χ3v) is 3.79. The molecule has 0 amide bonds. The summed E-state index contributed by atoms with van der Waals surface area (Å²) in [6.45, 7) is 1.80. The van der Waals surface area contributed by atoms with E-state index in [0.29, 0.717) is 0 Å². The minimum absolute atomic E-state index is 0.129. The average Bonchev–Trinajstić information content (AvgIpc) is 2.02. The summed E-state index contributed by atoms with van der Waals surface area (Å²) < 4.78 is 36.6. The van der Waals surface area contributed by atoms with Gasteiger partial charge in [-0.1, -0.05) is 17.7 Å². The lowest BCUT2D eigenvalue weighted by atomic mass is 10.2. The standard InChI is InChI=1S/C7H9O5PS/c1-6-2-4-7(5-3-6)14(10,11)12-13(8)9/h2-5,13H,1H3,(H,8,9). The molecule has 0 fully saturated rings. The number of rotatable bonds is 3. The zero-order valence-electron chi connectivity index (χ0n) is 7.30. The molecule has 0 bridgehead atoms. The Hall–Kier alpha value is -0.680. The second-order valence-corrected chi connectivity index (χ2v) is 5.19. The monoisotopic (exact) mass is 236 g/mol. The number of hydrogen-bond donors (Lipinski definition) is 1. The second-order valence-electron chi connectivity index (χ2n) is 2.62. The van der Waals surface area contributed by atoms with Crippen molar-refractivity contribution in [2.45, 2.75) is 11.8 Å². The zero-order chi connectivity index (χ0) is 10.8. The minimum atomic E-state index is -4.09. The first kappa shape index (κ1) is 11.4. The topological polar surface area (TPSA) is 80.7 Å². The molecule has 5 nitrogen and oxygen atoms in total. The van der Waals surface area contributed by atoms with E-state index in [-0.39, 0.29) is 4.90 Å². The van der Waals surface area contributed by atoms with Gasteiger partial charge < -0.3 is 4.89 Å². The quantitative estimate of drug-likeness (QED) is 0.794. The van der Waals surface area contributed by atoms with Crippen molar-refractivity contribution in [3.63, 3.8) is 0 Å². The first-order valence-corrected chi connectivity index (χ1v) is 6.33. The lowest BCUT2D eigenvalue weighted by Crippen LogP contribution is -2.01. The molecule has 1 unspecified atom stereocenters. The molecule has 1 aromatic rings. The fourth-order valence-corrected chi connectivity index (χ4v) is 2.45. The van der Waals surface area contributed by atoms with Gasteiger partial charge in [-0.2, -0.15) is 12.4 Å². The van der Waals surface area contributed by atoms with E-state index in [4.69, 9.17) is 4.89 Å². The lowest BCUT2D eigenvalue weighted by Gasteiger charge is -2.01. The van der Waals surface area contributed by atoms with Gasteiger partial charge in [-0.25, -0.2) is 0 Å². The molecule has 78 valence electrons. The molecular weight excluding hydrogens is 227 g/mol. The van der Waals surface area contributed by atoms with Crippen molar-refractivity contribution < 1.29 is 21.8 Å². The van der Waals surface area contributed by atoms with E-state index >= 15 is 0 Å². The summed E-state index contributed by atoms with van der Waals surface area (Å²) in [5.74, 6) is 0. The lowest BCUT2D eigenvalue weighted by molar-refractivity contribution is 0.404. The van der Waals surface area contributed by atoms with E-state index in [1.54, 1.807) is 19.1 Å². The van der Waals surface area contributed by atoms with Gasteiger partial charge in [0.1, 0.15) is 0 Å². The van der Waals surface area contributed by atoms with Gasteiger partial charge in [0.25, 0.3) is 0 Å². The molecule has 0 saturated heterocycles. The Morgan fingerprint density at radius 1 is 1.29 bits per heavy atom. The average molecular weight is 236 g/mol. The molecule has 0 heterocycles. The number of benzene rings is 1. The Bertz CT molecular complexity index is 436. The molecule has 0 saturated carbocycles. The fourth-order valence-electron chi connectivity index (χ4n) is 0.847. The van der Waals surface area contributed by atoms with E-state index in [1.165, 1.54) is 12.1 Å². The van der Waals surface area contributed by atoms with Crippen LogP contribution in [0.25, 0.3) is 0 Å². The molecule has 14 heavy (non-hydrogen) atoms. The Kier molecular flexibility index (Phi) is 3.44. The maximum atomic E-state index is 11.2. The van der Waals surface area contributed by atoms with Crippen LogP contribution in [-0.2, 0) is 18.7 Å². The third-order valence-electron chi connectivity index (χ3n) is 1.49. The molecule has 0 spiro atoms. The molecule has 0 aliphatic rings. The number of aryl methyl sites for hydroxylation is 1. The van der Waals surface area contributed by atoms with Gasteiger partial charge in [0.15, 0.2) is 0 Å². The second kappa shape index (κ2) is 4.23. The molecule has 1 rings (SSSR count). The summed E-state index contributed by atoms with van der Waals surface area (Å²) in [6, 6.07) is 5.78. The van der Waals surface area contributed by atoms with Crippen LogP contribution in [-0.4, -0.2) is 13.3 Å². The molecule has 0 radical (unpaired) electrons. The largest absolute Gasteiger partial charge is 0.331 e. The van der Waals surface area contributed by atoms with Crippen molar-refractivity contribution in [2.75, 3.05) is 0 Å². The van der Waals surface area contributed by atoms with Crippen LogP contribution in [0, 0.1) is 6.92 Å². The normalized spacial score (nSPS) is 13.9. The van der Waals surface area contributed by atoms with Gasteiger partial charge in [0.05, 0.1) is 4.90 Å². The fraction of sp³-hybridized carbons (Fsp3) is 0.143. The first-order chi connectivity index (χ1) is 6.42. The highest BCUT2D eigenvalue weighted by Gasteiger charge is 2.16. The van der Waals surface area contributed by atoms with Crippen LogP contribution in [0.15, 0.2) is 29.2 Å². The van der Waals surface area contributed by atoms with Crippen molar-refractivity contribution in [1.29, 1.82) is 0 Å². The van der Waals surface area contributed by atoms with Crippen LogP contribution in [0.3, 0.4) is 0 Å². The highest BCUT2D eigenvalue weighted by Crippen LogP contribution is 2.24. The molecule has 0 aromatic heterocycles. The van der Waals surface area contributed by atoms with E-state index in [0.717, 1.165) is 5.56 Å². The molecular formula is C7H9O5PS. The Balaban J connectivity index is 3.05. The third kappa shape index (κ3) is 2.92. The summed E-state index contributed by atoms with van der Waals surface area (Å²) in [4.78, 5) is 8.22. The van der Waals surface area contributed by atoms with E-state index in [1.807, 2.05) is 0 Å². The van der Waals surface area contributed by atoms with Gasteiger partial charge in [0.2, 0.25) is 0 Å². The van der Waals surface area contributed by atoms with Crippen molar-refractivity contribution in [3.05, 3.63) is 29.8 Å². The Morgan fingerprint density at radius 3 is 2.21 bits per heavy atom. The highest BCUT2D eigenvalue weighted by atomic mass is 32.2. The van der Waals surface area contributed by atoms with Crippen LogP contribution < -0.4 is 0 Å². The van der Waals surface area contributed by atoms with Gasteiger partial charge in [-0.3, -0.25) is 4.57 Å². The molecule has 0 aliphatic heterocycles. The summed E-state index contributed by atoms with van der Waals surface area (Å²) in [6.07, 6.45) is 0. The van der Waals surface area contributed by atoms with Crippen LogP contribution in [0.5, 0.6) is 0 Å². The van der Waals surface area contributed by atoms with Gasteiger partial charge in [-0.15, -0.1) is 0 Å². The van der Waals surface area contributed by atoms with E-state index in [2.05, 4.69) is 3.97 Å². The molecule has 0 aliphatic carbocycles. The van der Waals surface area contributed by atoms with Crippen molar-refractivity contribution >= 4 is 18.4 Å². The maximum Gasteiger partial charge on any atom is 0.331 e. The van der Waals surface area contributed by atoms with E-state index in [9.17, 15) is 13.0 Å². The SMILES string of the molecule is Cc1ccc(S(=O)(=O)O[PH](=O)O)cc1. The predicted octanol–water partition coefficient (Wildman–Crippen LogP) is 1.08. The van der Waals surface area contributed by atoms with Crippen LogP contribution in [0.4, 0.5) is 0 Å². The molecule has 7 heteroatoms. The minimum Gasteiger partial charge on any atom is -0.326 e. The summed E-state index contributed by atoms with van der Waals surface area (Å²) in [5.41, 5.74) is 0.889. The van der Waals surface area contributed by atoms with Crippen LogP contribution >= 0.6 is 8.25 Å². The first-order valence-electron chi connectivity index (χ1n) is 3.66. The Morgan fingerprint density at radius 2 is 1.79 bits per heavy atom. The Labute approximate surface area is 82.4 Å². The van der Waals surface area contributed by atoms with Crippen molar-refractivity contribution in [2.24, 2.45) is 0 Å². The zero-order valence-corrected chi connectivity index (χ0v) is 9.11. The van der Waals surface area contributed by atoms with Crippen LogP contribution in [0.2, 0.25) is 0 Å². The van der Waals surface area contributed by atoms with Crippen LogP contribution in [0.1, 0.15) is 5.56 Å². The number of hydrogen-bond acceptors (Lipinski definition) is 4. The summed E-state index contributed by atoms with van der Waals surface area (Å²) in [7, 11) is -7.58. The van der Waals surface area contributed by atoms with Gasteiger partial charge in [0, 0.05) is 0 Å². The van der Waals surface area contributed by atoms with Gasteiger partial charge in [-0.05, 0) is 19.1 Å².